The Morgan fingerprint density at radius 1 is 1.18 bits per heavy atom. The van der Waals surface area contributed by atoms with Gasteiger partial charge in [0, 0.05) is 35.3 Å². The highest BCUT2D eigenvalue weighted by Gasteiger charge is 2.70. The van der Waals surface area contributed by atoms with Crippen LogP contribution >= 0.6 is 0 Å². The van der Waals surface area contributed by atoms with E-state index in [-0.39, 0.29) is 42.2 Å². The summed E-state index contributed by atoms with van der Waals surface area (Å²) >= 11 is 0. The van der Waals surface area contributed by atoms with Crippen molar-refractivity contribution in [1.82, 2.24) is 0 Å². The van der Waals surface area contributed by atoms with E-state index >= 15 is 0 Å². The third-order valence-corrected chi connectivity index (χ3v) is 8.61. The minimum atomic E-state index is -1.71. The maximum absolute atomic E-state index is 13.7. The minimum absolute atomic E-state index is 0.00878. The van der Waals surface area contributed by atoms with E-state index in [1.807, 2.05) is 13.0 Å². The Hall–Kier alpha value is -2.87. The molecule has 8 heteroatoms. The first-order chi connectivity index (χ1) is 15.5. The molecule has 0 unspecified atom stereocenters. The lowest BCUT2D eigenvalue weighted by Crippen LogP contribution is -2.62. The lowest BCUT2D eigenvalue weighted by atomic mass is 9.46. The van der Waals surface area contributed by atoms with E-state index in [4.69, 9.17) is 9.84 Å². The monoisotopic (exact) mass is 456 g/mol. The topological polar surface area (TPSA) is 135 Å². The summed E-state index contributed by atoms with van der Waals surface area (Å²) in [6, 6.07) is 0. The van der Waals surface area contributed by atoms with Crippen molar-refractivity contribution in [3.8, 4) is 0 Å². The third-order valence-electron chi connectivity index (χ3n) is 8.61. The van der Waals surface area contributed by atoms with Crippen molar-refractivity contribution < 1.29 is 38.9 Å². The number of carbonyl (C=O) groups excluding carboxylic acids is 4. The number of aliphatic carboxylic acids is 1. The Balaban J connectivity index is 1.73. The minimum Gasteiger partial charge on any atom is -0.478 e. The molecule has 176 valence electrons. The van der Waals surface area contributed by atoms with Crippen LogP contribution in [0.2, 0.25) is 0 Å². The van der Waals surface area contributed by atoms with Gasteiger partial charge in [-0.2, -0.15) is 0 Å². The van der Waals surface area contributed by atoms with Crippen LogP contribution in [0.3, 0.4) is 0 Å². The zero-order valence-electron chi connectivity index (χ0n) is 18.7. The average molecular weight is 456 g/mol. The second-order valence-corrected chi connectivity index (χ2v) is 10.1. The highest BCUT2D eigenvalue weighted by molar-refractivity contribution is 6.02. The number of carbonyl (C=O) groups is 5. The van der Waals surface area contributed by atoms with E-state index in [0.717, 1.165) is 11.6 Å². The Labute approximate surface area is 191 Å². The number of allylic oxidation sites excluding steroid dienone is 4. The molecular formula is C25H28O8. The zero-order valence-corrected chi connectivity index (χ0v) is 18.7. The molecule has 0 spiro atoms. The number of aliphatic hydroxyl groups is 1. The van der Waals surface area contributed by atoms with Gasteiger partial charge in [0.2, 0.25) is 5.78 Å². The van der Waals surface area contributed by atoms with Gasteiger partial charge in [-0.25, -0.2) is 9.59 Å². The summed E-state index contributed by atoms with van der Waals surface area (Å²) in [6.07, 6.45) is 8.36. The van der Waals surface area contributed by atoms with Gasteiger partial charge in [-0.15, -0.1) is 0 Å². The van der Waals surface area contributed by atoms with Gasteiger partial charge >= 0.3 is 11.9 Å². The Morgan fingerprint density at radius 2 is 1.91 bits per heavy atom. The van der Waals surface area contributed by atoms with Gasteiger partial charge in [-0.1, -0.05) is 25.5 Å². The van der Waals surface area contributed by atoms with Crippen LogP contribution in [0.1, 0.15) is 46.0 Å². The van der Waals surface area contributed by atoms with Crippen LogP contribution < -0.4 is 0 Å². The van der Waals surface area contributed by atoms with Crippen LogP contribution in [0.15, 0.2) is 36.0 Å². The Bertz CT molecular complexity index is 1040. The van der Waals surface area contributed by atoms with Crippen molar-refractivity contribution in [2.75, 3.05) is 6.61 Å². The predicted octanol–water partition coefficient (Wildman–Crippen LogP) is 1.96. The molecule has 0 bridgehead atoms. The molecule has 0 aromatic heterocycles. The highest BCUT2D eigenvalue weighted by Crippen LogP contribution is 2.66. The fourth-order valence-corrected chi connectivity index (χ4v) is 7.17. The van der Waals surface area contributed by atoms with Crippen LogP contribution in [-0.2, 0) is 28.7 Å². The molecule has 0 heterocycles. The molecule has 4 aliphatic rings. The van der Waals surface area contributed by atoms with E-state index in [1.54, 1.807) is 13.0 Å². The van der Waals surface area contributed by atoms with Crippen molar-refractivity contribution in [1.29, 1.82) is 0 Å². The van der Waals surface area contributed by atoms with E-state index in [9.17, 15) is 29.1 Å². The number of Topliss-reactive ketones (excluding diaryl/α,β-unsaturated/α-hetero) is 2. The van der Waals surface area contributed by atoms with Crippen LogP contribution in [-0.4, -0.2) is 51.7 Å². The number of aliphatic hydroxyl groups excluding tert-OH is 1. The predicted molar refractivity (Wildman–Crippen MR) is 115 cm³/mol. The lowest BCUT2D eigenvalue weighted by Gasteiger charge is -2.57. The molecule has 6 atom stereocenters. The fourth-order valence-electron chi connectivity index (χ4n) is 7.17. The lowest BCUT2D eigenvalue weighted by molar-refractivity contribution is -0.188. The van der Waals surface area contributed by atoms with Gasteiger partial charge in [0.05, 0.1) is 0 Å². The molecular weight excluding hydrogens is 428 g/mol. The zero-order chi connectivity index (χ0) is 24.2. The van der Waals surface area contributed by atoms with Crippen LogP contribution in [0.25, 0.3) is 0 Å². The molecule has 0 amide bonds. The summed E-state index contributed by atoms with van der Waals surface area (Å²) in [5, 5.41) is 18.5. The summed E-state index contributed by atoms with van der Waals surface area (Å²) in [5.41, 5.74) is -2.34. The van der Waals surface area contributed by atoms with Crippen molar-refractivity contribution in [2.45, 2.75) is 51.6 Å². The van der Waals surface area contributed by atoms with E-state index in [2.05, 4.69) is 0 Å². The molecule has 0 aliphatic heterocycles. The van der Waals surface area contributed by atoms with Gasteiger partial charge in [0.25, 0.3) is 0 Å². The Kier molecular flexibility index (Phi) is 5.55. The number of esters is 1. The standard InChI is InChI=1S/C25H28O8/c1-23-9-7-15(27)11-14(23)3-4-16-17-8-10-25(19(29)13-26,33-21(32)6-5-20(30)31)24(17,2)12-18(28)22(16)23/h5-7,9,11,16-17,22,26H,3-4,8,10,12-13H2,1-2H3,(H,30,31)/b6-5-/t16-,17-,22+,23-,24-,25-/m0/s1. The first-order valence-electron chi connectivity index (χ1n) is 11.2. The highest BCUT2D eigenvalue weighted by atomic mass is 16.6. The van der Waals surface area contributed by atoms with Gasteiger partial charge in [-0.3, -0.25) is 14.4 Å². The molecule has 33 heavy (non-hydrogen) atoms. The quantitative estimate of drug-likeness (QED) is 0.473. The maximum Gasteiger partial charge on any atom is 0.332 e. The molecule has 2 N–H and O–H groups in total. The number of ketones is 3. The van der Waals surface area contributed by atoms with Crippen LogP contribution in [0, 0.1) is 28.6 Å². The first-order valence-corrected chi connectivity index (χ1v) is 11.2. The number of hydrogen-bond donors (Lipinski definition) is 2. The van der Waals surface area contributed by atoms with Gasteiger partial charge in [0.15, 0.2) is 11.4 Å². The fraction of sp³-hybridized carbons (Fsp3) is 0.560. The maximum atomic E-state index is 13.7. The number of carboxylic acid groups (broad SMARTS) is 1. The third kappa shape index (κ3) is 3.34. The number of carboxylic acids is 1. The second kappa shape index (κ2) is 7.87. The molecule has 3 saturated carbocycles. The molecule has 0 aromatic rings. The second-order valence-electron chi connectivity index (χ2n) is 10.1. The van der Waals surface area contributed by atoms with Crippen molar-refractivity contribution in [3.05, 3.63) is 36.0 Å². The first kappa shape index (κ1) is 23.3. The smallest absolute Gasteiger partial charge is 0.332 e. The molecule has 4 rings (SSSR count). The summed E-state index contributed by atoms with van der Waals surface area (Å²) in [5.74, 6) is -3.67. The van der Waals surface area contributed by atoms with E-state index in [1.165, 1.54) is 6.08 Å². The summed E-state index contributed by atoms with van der Waals surface area (Å²) in [7, 11) is 0. The number of hydrogen-bond acceptors (Lipinski definition) is 7. The van der Waals surface area contributed by atoms with Crippen LogP contribution in [0.5, 0.6) is 0 Å². The summed E-state index contributed by atoms with van der Waals surface area (Å²) in [6.45, 7) is 2.90. The van der Waals surface area contributed by atoms with Crippen LogP contribution in [0.4, 0.5) is 0 Å². The van der Waals surface area contributed by atoms with Gasteiger partial charge in [-0.05, 0) is 49.7 Å². The SMILES string of the molecule is C[C@]12C=CC(=O)C=C1CC[C@@H]1[C@@H]2C(=O)C[C@@]2(C)[C@H]1CC[C@]2(OC(=O)/C=C\C(=O)O)C(=O)CO. The van der Waals surface area contributed by atoms with E-state index < -0.39 is 40.8 Å². The van der Waals surface area contributed by atoms with Crippen molar-refractivity contribution in [3.63, 3.8) is 0 Å². The summed E-state index contributed by atoms with van der Waals surface area (Å²) < 4.78 is 5.63. The molecule has 3 fully saturated rings. The number of rotatable bonds is 5. The Morgan fingerprint density at radius 3 is 2.58 bits per heavy atom. The molecule has 0 aromatic carbocycles. The van der Waals surface area contributed by atoms with Crippen molar-refractivity contribution in [2.24, 2.45) is 28.6 Å². The molecule has 4 aliphatic carbocycles. The molecule has 0 radical (unpaired) electrons. The normalized spacial score (nSPS) is 39.5. The molecule has 8 nitrogen and oxygen atoms in total. The largest absolute Gasteiger partial charge is 0.478 e. The van der Waals surface area contributed by atoms with Gasteiger partial charge < -0.3 is 14.9 Å². The van der Waals surface area contributed by atoms with Crippen molar-refractivity contribution >= 4 is 29.3 Å². The summed E-state index contributed by atoms with van der Waals surface area (Å²) in [4.78, 5) is 61.8. The van der Waals surface area contributed by atoms with E-state index in [0.29, 0.717) is 25.3 Å². The van der Waals surface area contributed by atoms with Gasteiger partial charge in [0.1, 0.15) is 12.4 Å². The number of ether oxygens (including phenoxy) is 1. The average Bonchev–Trinajstić information content (AvgIpc) is 3.04. The number of fused-ring (bicyclic) bond motifs is 5. The molecule has 0 saturated heterocycles.